The lowest BCUT2D eigenvalue weighted by Gasteiger charge is -2.27. The number of non-ortho nitro benzene ring substituents is 1. The van der Waals surface area contributed by atoms with Crippen LogP contribution in [0.3, 0.4) is 0 Å². The van der Waals surface area contributed by atoms with E-state index in [0.29, 0.717) is 6.07 Å². The SMILES string of the molecule is Cc1c(C(C)N[S@+]([O-])C(C)(C)C)cc([N+](=O)[O-])cc1C(F)(F)F. The predicted octanol–water partition coefficient (Wildman–Crippen LogP) is 4.03. The summed E-state index contributed by atoms with van der Waals surface area (Å²) in [6.07, 6.45) is -4.70. The highest BCUT2D eigenvalue weighted by Crippen LogP contribution is 2.37. The Balaban J connectivity index is 3.34. The molecule has 0 fully saturated rings. The molecule has 0 aliphatic heterocycles. The van der Waals surface area contributed by atoms with Crippen LogP contribution in [0.1, 0.15) is 50.4 Å². The minimum Gasteiger partial charge on any atom is -0.598 e. The van der Waals surface area contributed by atoms with Crippen LogP contribution in [0.2, 0.25) is 0 Å². The van der Waals surface area contributed by atoms with Gasteiger partial charge in [-0.15, -0.1) is 4.72 Å². The van der Waals surface area contributed by atoms with Crippen LogP contribution in [-0.2, 0) is 17.5 Å². The van der Waals surface area contributed by atoms with Crippen molar-refractivity contribution in [3.05, 3.63) is 38.9 Å². The molecule has 5 nitrogen and oxygen atoms in total. The second-order valence-corrected chi connectivity index (χ2v) is 8.18. The molecule has 1 unspecified atom stereocenters. The van der Waals surface area contributed by atoms with Crippen LogP contribution in [0.15, 0.2) is 12.1 Å². The van der Waals surface area contributed by atoms with Crippen molar-refractivity contribution in [3.63, 3.8) is 0 Å². The zero-order chi connectivity index (χ0) is 18.2. The van der Waals surface area contributed by atoms with Crippen molar-refractivity contribution in [1.82, 2.24) is 4.72 Å². The van der Waals surface area contributed by atoms with Gasteiger partial charge in [-0.3, -0.25) is 10.1 Å². The van der Waals surface area contributed by atoms with Crippen LogP contribution >= 0.6 is 0 Å². The summed E-state index contributed by atoms with van der Waals surface area (Å²) in [7, 11) is 0. The van der Waals surface area contributed by atoms with Crippen molar-refractivity contribution in [2.24, 2.45) is 0 Å². The fraction of sp³-hybridized carbons (Fsp3) is 0.571. The van der Waals surface area contributed by atoms with E-state index >= 15 is 0 Å². The fourth-order valence-electron chi connectivity index (χ4n) is 1.97. The van der Waals surface area contributed by atoms with Gasteiger partial charge in [-0.1, -0.05) is 0 Å². The largest absolute Gasteiger partial charge is 0.598 e. The summed E-state index contributed by atoms with van der Waals surface area (Å²) < 4.78 is 53.4. The van der Waals surface area contributed by atoms with E-state index in [2.05, 4.69) is 4.72 Å². The number of hydrogen-bond donors (Lipinski definition) is 1. The van der Waals surface area contributed by atoms with Gasteiger partial charge in [-0.25, -0.2) is 0 Å². The summed E-state index contributed by atoms with van der Waals surface area (Å²) >= 11 is -1.52. The van der Waals surface area contributed by atoms with Crippen LogP contribution in [0.25, 0.3) is 0 Å². The van der Waals surface area contributed by atoms with E-state index in [-0.39, 0.29) is 11.1 Å². The molecule has 0 saturated heterocycles. The maximum atomic E-state index is 13.1. The standard InChI is InChI=1S/C14H19F3N2O3S/c1-8-11(9(2)18-23(22)13(3,4)5)6-10(19(20)21)7-12(8)14(15,16)17/h6-7,9,18H,1-5H3/t9?,23-/m1/s1. The fourth-order valence-corrected chi connectivity index (χ4v) is 2.77. The lowest BCUT2D eigenvalue weighted by atomic mass is 9.96. The van der Waals surface area contributed by atoms with Gasteiger partial charge >= 0.3 is 6.18 Å². The number of alkyl halides is 3. The van der Waals surface area contributed by atoms with Crippen molar-refractivity contribution in [1.29, 1.82) is 0 Å². The molecule has 0 aliphatic rings. The van der Waals surface area contributed by atoms with Gasteiger partial charge in [0.1, 0.15) is 4.75 Å². The zero-order valence-electron chi connectivity index (χ0n) is 13.4. The van der Waals surface area contributed by atoms with E-state index in [0.717, 1.165) is 6.07 Å². The van der Waals surface area contributed by atoms with E-state index in [1.54, 1.807) is 20.8 Å². The van der Waals surface area contributed by atoms with Crippen LogP contribution in [0.5, 0.6) is 0 Å². The molecule has 0 aliphatic carbocycles. The molecule has 0 spiro atoms. The summed E-state index contributed by atoms with van der Waals surface area (Å²) in [4.78, 5) is 10.0. The number of rotatable bonds is 4. The Bertz CT molecular complexity index is 600. The van der Waals surface area contributed by atoms with Crippen molar-refractivity contribution >= 4 is 17.0 Å². The summed E-state index contributed by atoms with van der Waals surface area (Å²) in [6.45, 7) is 7.91. The second kappa shape index (κ2) is 6.66. The molecule has 23 heavy (non-hydrogen) atoms. The van der Waals surface area contributed by atoms with Crippen molar-refractivity contribution in [2.75, 3.05) is 0 Å². The highest BCUT2D eigenvalue weighted by Gasteiger charge is 2.37. The molecule has 9 heteroatoms. The molecule has 0 aromatic heterocycles. The number of hydrogen-bond acceptors (Lipinski definition) is 4. The Hall–Kier alpha value is -1.32. The molecule has 0 amide bonds. The van der Waals surface area contributed by atoms with E-state index in [1.807, 2.05) is 0 Å². The highest BCUT2D eigenvalue weighted by atomic mass is 32.2. The number of nitro benzene ring substituents is 1. The second-order valence-electron chi connectivity index (χ2n) is 6.18. The number of nitrogens with one attached hydrogen (secondary N) is 1. The summed E-state index contributed by atoms with van der Waals surface area (Å²) in [5, 5.41) is 10.9. The third-order valence-corrected chi connectivity index (χ3v) is 4.94. The minimum atomic E-state index is -4.70. The Morgan fingerprint density at radius 2 is 1.78 bits per heavy atom. The minimum absolute atomic E-state index is 0.101. The average molecular weight is 352 g/mol. The lowest BCUT2D eigenvalue weighted by molar-refractivity contribution is -0.385. The molecule has 0 bridgehead atoms. The molecule has 2 atom stereocenters. The molecular weight excluding hydrogens is 333 g/mol. The van der Waals surface area contributed by atoms with E-state index in [4.69, 9.17) is 0 Å². The number of nitro groups is 1. The first kappa shape index (κ1) is 19.7. The number of halogens is 3. The summed E-state index contributed by atoms with van der Waals surface area (Å²) in [6, 6.07) is 0.866. The maximum absolute atomic E-state index is 13.1. The summed E-state index contributed by atoms with van der Waals surface area (Å²) in [5.41, 5.74) is -1.72. The highest BCUT2D eigenvalue weighted by molar-refractivity contribution is 7.90. The molecule has 0 saturated carbocycles. The van der Waals surface area contributed by atoms with Crippen molar-refractivity contribution < 1.29 is 22.6 Å². The van der Waals surface area contributed by atoms with Gasteiger partial charge in [0.2, 0.25) is 0 Å². The van der Waals surface area contributed by atoms with Crippen LogP contribution in [-0.4, -0.2) is 14.2 Å². The first-order valence-electron chi connectivity index (χ1n) is 6.79. The Morgan fingerprint density at radius 1 is 1.26 bits per heavy atom. The molecule has 1 aromatic rings. The van der Waals surface area contributed by atoms with Gasteiger partial charge < -0.3 is 4.55 Å². The van der Waals surface area contributed by atoms with Crippen molar-refractivity contribution in [2.45, 2.75) is 51.6 Å². The first-order valence-corrected chi connectivity index (χ1v) is 7.94. The molecule has 1 aromatic carbocycles. The maximum Gasteiger partial charge on any atom is 0.416 e. The third kappa shape index (κ3) is 4.82. The van der Waals surface area contributed by atoms with Gasteiger partial charge in [0, 0.05) is 23.5 Å². The van der Waals surface area contributed by atoms with E-state index < -0.39 is 44.5 Å². The van der Waals surface area contributed by atoms with Crippen molar-refractivity contribution in [3.8, 4) is 0 Å². The molecule has 0 heterocycles. The quantitative estimate of drug-likeness (QED) is 0.504. The number of benzene rings is 1. The summed E-state index contributed by atoms with van der Waals surface area (Å²) in [5.74, 6) is 0. The topological polar surface area (TPSA) is 78.2 Å². The van der Waals surface area contributed by atoms with Crippen LogP contribution in [0, 0.1) is 17.0 Å². The van der Waals surface area contributed by atoms with E-state index in [1.165, 1.54) is 13.8 Å². The van der Waals surface area contributed by atoms with Crippen LogP contribution < -0.4 is 4.72 Å². The van der Waals surface area contributed by atoms with Gasteiger partial charge in [0.05, 0.1) is 16.5 Å². The molecule has 130 valence electrons. The smallest absolute Gasteiger partial charge is 0.416 e. The van der Waals surface area contributed by atoms with Crippen LogP contribution in [0.4, 0.5) is 18.9 Å². The lowest BCUT2D eigenvalue weighted by Crippen LogP contribution is -2.40. The Labute approximate surface area is 135 Å². The monoisotopic (exact) mass is 352 g/mol. The first-order chi connectivity index (χ1) is 10.2. The zero-order valence-corrected chi connectivity index (χ0v) is 14.3. The van der Waals surface area contributed by atoms with E-state index in [9.17, 15) is 27.8 Å². The average Bonchev–Trinajstić information content (AvgIpc) is 2.35. The van der Waals surface area contributed by atoms with Gasteiger partial charge in [0.25, 0.3) is 5.69 Å². The predicted molar refractivity (Wildman–Crippen MR) is 82.3 cm³/mol. The molecular formula is C14H19F3N2O3S. The normalized spacial score (nSPS) is 15.3. The Morgan fingerprint density at radius 3 is 2.17 bits per heavy atom. The Kier molecular flexibility index (Phi) is 5.71. The van der Waals surface area contributed by atoms with Gasteiger partial charge in [-0.2, -0.15) is 13.2 Å². The molecule has 1 rings (SSSR count). The molecule has 0 radical (unpaired) electrons. The number of nitrogens with zero attached hydrogens (tertiary/aromatic N) is 1. The van der Waals surface area contributed by atoms with Gasteiger partial charge in [0.15, 0.2) is 0 Å². The third-order valence-electron chi connectivity index (χ3n) is 3.26. The van der Waals surface area contributed by atoms with Gasteiger partial charge in [-0.05, 0) is 45.7 Å². The molecule has 1 N–H and O–H groups in total.